The SMILES string of the molecule is CN=C(NCc1ccccc1OC(C)(C)C)NCc1c(C)noc1C.I. The second-order valence-electron chi connectivity index (χ2n) is 6.90. The Hall–Kier alpha value is -1.77. The second-order valence-corrected chi connectivity index (χ2v) is 6.90. The summed E-state index contributed by atoms with van der Waals surface area (Å²) < 4.78 is 11.2. The zero-order valence-electron chi connectivity index (χ0n) is 16.3. The molecule has 1 aromatic carbocycles. The fourth-order valence-corrected chi connectivity index (χ4v) is 2.41. The molecule has 0 fully saturated rings. The molecule has 0 bridgehead atoms. The first-order valence-corrected chi connectivity index (χ1v) is 8.43. The van der Waals surface area contributed by atoms with E-state index in [0.29, 0.717) is 19.0 Å². The highest BCUT2D eigenvalue weighted by Gasteiger charge is 2.14. The highest BCUT2D eigenvalue weighted by atomic mass is 127. The van der Waals surface area contributed by atoms with Gasteiger partial charge >= 0.3 is 0 Å². The Morgan fingerprint density at radius 2 is 1.81 bits per heavy atom. The van der Waals surface area contributed by atoms with E-state index in [1.54, 1.807) is 7.05 Å². The maximum atomic E-state index is 6.03. The minimum atomic E-state index is -0.237. The molecule has 1 aromatic heterocycles. The lowest BCUT2D eigenvalue weighted by molar-refractivity contribution is 0.129. The van der Waals surface area contributed by atoms with E-state index in [1.165, 1.54) is 0 Å². The largest absolute Gasteiger partial charge is 0.488 e. The molecule has 7 heteroatoms. The number of para-hydroxylation sites is 1. The van der Waals surface area contributed by atoms with Crippen LogP contribution in [0.5, 0.6) is 5.75 Å². The second kappa shape index (κ2) is 9.80. The predicted molar refractivity (Wildman–Crippen MR) is 115 cm³/mol. The van der Waals surface area contributed by atoms with E-state index in [1.807, 2.05) is 52.8 Å². The highest BCUT2D eigenvalue weighted by Crippen LogP contribution is 2.22. The molecule has 0 saturated heterocycles. The molecule has 2 aromatic rings. The molecule has 26 heavy (non-hydrogen) atoms. The van der Waals surface area contributed by atoms with E-state index in [-0.39, 0.29) is 29.6 Å². The summed E-state index contributed by atoms with van der Waals surface area (Å²) in [4.78, 5) is 4.27. The average molecular weight is 472 g/mol. The van der Waals surface area contributed by atoms with Crippen LogP contribution >= 0.6 is 24.0 Å². The molecule has 144 valence electrons. The van der Waals surface area contributed by atoms with Crippen LogP contribution < -0.4 is 15.4 Å². The third-order valence-electron chi connectivity index (χ3n) is 3.67. The summed E-state index contributed by atoms with van der Waals surface area (Å²) in [5, 5.41) is 10.6. The zero-order chi connectivity index (χ0) is 18.4. The maximum absolute atomic E-state index is 6.03. The Labute approximate surface area is 172 Å². The van der Waals surface area contributed by atoms with Gasteiger partial charge in [-0.05, 0) is 40.7 Å². The Morgan fingerprint density at radius 3 is 2.38 bits per heavy atom. The zero-order valence-corrected chi connectivity index (χ0v) is 18.7. The van der Waals surface area contributed by atoms with Crippen LogP contribution in [0.15, 0.2) is 33.8 Å². The molecular weight excluding hydrogens is 443 g/mol. The van der Waals surface area contributed by atoms with Crippen LogP contribution in [0.4, 0.5) is 0 Å². The van der Waals surface area contributed by atoms with Gasteiger partial charge in [-0.2, -0.15) is 0 Å². The van der Waals surface area contributed by atoms with Gasteiger partial charge in [-0.25, -0.2) is 0 Å². The van der Waals surface area contributed by atoms with Crippen molar-refractivity contribution in [2.75, 3.05) is 7.05 Å². The number of aryl methyl sites for hydroxylation is 2. The van der Waals surface area contributed by atoms with Gasteiger partial charge in [0.25, 0.3) is 0 Å². The van der Waals surface area contributed by atoms with Crippen LogP contribution in [0, 0.1) is 13.8 Å². The van der Waals surface area contributed by atoms with Crippen molar-refractivity contribution < 1.29 is 9.26 Å². The Morgan fingerprint density at radius 1 is 1.15 bits per heavy atom. The van der Waals surface area contributed by atoms with Crippen molar-refractivity contribution in [1.82, 2.24) is 15.8 Å². The van der Waals surface area contributed by atoms with Gasteiger partial charge in [0.05, 0.1) is 5.69 Å². The number of hydrogen-bond acceptors (Lipinski definition) is 4. The number of halogens is 1. The molecule has 1 heterocycles. The molecule has 0 unspecified atom stereocenters. The van der Waals surface area contributed by atoms with E-state index < -0.39 is 0 Å². The summed E-state index contributed by atoms with van der Waals surface area (Å²) in [6, 6.07) is 8.03. The van der Waals surface area contributed by atoms with Gasteiger partial charge in [0.15, 0.2) is 5.96 Å². The van der Waals surface area contributed by atoms with Crippen molar-refractivity contribution >= 4 is 29.9 Å². The molecule has 0 radical (unpaired) electrons. The molecule has 0 saturated carbocycles. The lowest BCUT2D eigenvalue weighted by Gasteiger charge is -2.23. The molecule has 0 spiro atoms. The lowest BCUT2D eigenvalue weighted by Crippen LogP contribution is -2.36. The number of aromatic nitrogens is 1. The number of guanidine groups is 1. The number of hydrogen-bond donors (Lipinski definition) is 2. The monoisotopic (exact) mass is 472 g/mol. The Kier molecular flexibility index (Phi) is 8.39. The van der Waals surface area contributed by atoms with Crippen LogP contribution in [0.3, 0.4) is 0 Å². The normalized spacial score (nSPS) is 11.7. The first-order chi connectivity index (χ1) is 11.8. The van der Waals surface area contributed by atoms with E-state index in [9.17, 15) is 0 Å². The summed E-state index contributed by atoms with van der Waals surface area (Å²) >= 11 is 0. The third-order valence-corrected chi connectivity index (χ3v) is 3.67. The van der Waals surface area contributed by atoms with E-state index >= 15 is 0 Å². The first kappa shape index (κ1) is 22.3. The summed E-state index contributed by atoms with van der Waals surface area (Å²) in [5.74, 6) is 2.42. The Balaban J connectivity index is 0.00000338. The first-order valence-electron chi connectivity index (χ1n) is 8.43. The van der Waals surface area contributed by atoms with Gasteiger partial charge in [-0.1, -0.05) is 23.4 Å². The Bertz CT molecular complexity index is 716. The van der Waals surface area contributed by atoms with Crippen LogP contribution in [0.2, 0.25) is 0 Å². The molecule has 0 aliphatic carbocycles. The molecule has 0 atom stereocenters. The van der Waals surface area contributed by atoms with Crippen molar-refractivity contribution in [3.05, 3.63) is 46.8 Å². The fraction of sp³-hybridized carbons (Fsp3) is 0.474. The molecule has 0 aliphatic rings. The quantitative estimate of drug-likeness (QED) is 0.392. The smallest absolute Gasteiger partial charge is 0.191 e. The summed E-state index contributed by atoms with van der Waals surface area (Å²) in [6.07, 6.45) is 0. The van der Waals surface area contributed by atoms with E-state index in [2.05, 4.69) is 26.8 Å². The van der Waals surface area contributed by atoms with Crippen molar-refractivity contribution in [3.63, 3.8) is 0 Å². The summed E-state index contributed by atoms with van der Waals surface area (Å²) in [5.41, 5.74) is 2.79. The van der Waals surface area contributed by atoms with Gasteiger partial charge in [-0.15, -0.1) is 24.0 Å². The van der Waals surface area contributed by atoms with Crippen LogP contribution in [0.1, 0.15) is 43.4 Å². The third kappa shape index (κ3) is 6.51. The van der Waals surface area contributed by atoms with Gasteiger partial charge in [0.2, 0.25) is 0 Å². The van der Waals surface area contributed by atoms with Gasteiger partial charge < -0.3 is 19.9 Å². The molecule has 2 N–H and O–H groups in total. The maximum Gasteiger partial charge on any atom is 0.191 e. The molecule has 0 amide bonds. The number of nitrogens with zero attached hydrogens (tertiary/aromatic N) is 2. The van der Waals surface area contributed by atoms with Crippen molar-refractivity contribution in [2.45, 2.75) is 53.3 Å². The van der Waals surface area contributed by atoms with Crippen molar-refractivity contribution in [1.29, 1.82) is 0 Å². The van der Waals surface area contributed by atoms with Gasteiger partial charge in [0.1, 0.15) is 17.1 Å². The number of ether oxygens (including phenoxy) is 1. The predicted octanol–water partition coefficient (Wildman–Crippen LogP) is 3.95. The van der Waals surface area contributed by atoms with Crippen LogP contribution in [-0.2, 0) is 13.1 Å². The van der Waals surface area contributed by atoms with Crippen molar-refractivity contribution in [2.24, 2.45) is 4.99 Å². The van der Waals surface area contributed by atoms with Crippen molar-refractivity contribution in [3.8, 4) is 5.75 Å². The molecule has 6 nitrogen and oxygen atoms in total. The van der Waals surface area contributed by atoms with E-state index in [4.69, 9.17) is 9.26 Å². The number of nitrogens with one attached hydrogen (secondary N) is 2. The minimum Gasteiger partial charge on any atom is -0.488 e. The van der Waals surface area contributed by atoms with Gasteiger partial charge in [-0.3, -0.25) is 4.99 Å². The van der Waals surface area contributed by atoms with Crippen LogP contribution in [-0.4, -0.2) is 23.8 Å². The number of benzene rings is 1. The molecule has 0 aliphatic heterocycles. The standard InChI is InChI=1S/C19H28N4O2.HI/c1-13-16(14(2)25-23-13)12-22-18(20-6)21-11-15-9-7-8-10-17(15)24-19(3,4)5;/h7-10H,11-12H2,1-6H3,(H2,20,21,22);1H. The number of aliphatic imine (C=N–C) groups is 1. The lowest BCUT2D eigenvalue weighted by atomic mass is 10.1. The van der Waals surface area contributed by atoms with E-state index in [0.717, 1.165) is 28.3 Å². The summed E-state index contributed by atoms with van der Waals surface area (Å²) in [6.45, 7) is 11.2. The fourth-order valence-electron chi connectivity index (χ4n) is 2.41. The van der Waals surface area contributed by atoms with Gasteiger partial charge in [0, 0.05) is 31.3 Å². The highest BCUT2D eigenvalue weighted by molar-refractivity contribution is 14.0. The number of rotatable bonds is 5. The summed E-state index contributed by atoms with van der Waals surface area (Å²) in [7, 11) is 1.75. The topological polar surface area (TPSA) is 71.7 Å². The minimum absolute atomic E-state index is 0. The molecule has 2 rings (SSSR count). The van der Waals surface area contributed by atoms with Crippen LogP contribution in [0.25, 0.3) is 0 Å². The average Bonchev–Trinajstić information content (AvgIpc) is 2.86. The molecular formula is C19H29IN4O2.